The number of hydrogen-bond donors (Lipinski definition) is 0. The van der Waals surface area contributed by atoms with Crippen molar-refractivity contribution in [1.82, 2.24) is 24.1 Å². The SMILES string of the molecule is Cc1nc2c(c(=O)n1C[C@H]1CCCO1)c1nc3ccccc3nc1n2Cc1ccccc1Cl. The normalized spacial score (nSPS) is 16.4. The van der Waals surface area contributed by atoms with Crippen LogP contribution in [0.5, 0.6) is 0 Å². The van der Waals surface area contributed by atoms with Gasteiger partial charge in [-0.3, -0.25) is 9.36 Å². The summed E-state index contributed by atoms with van der Waals surface area (Å²) in [5.74, 6) is 0.649. The summed E-state index contributed by atoms with van der Waals surface area (Å²) in [7, 11) is 0. The molecule has 1 aliphatic heterocycles. The Balaban J connectivity index is 1.65. The summed E-state index contributed by atoms with van der Waals surface area (Å²) in [6.07, 6.45) is 2.00. The van der Waals surface area contributed by atoms with Gasteiger partial charge in [0.25, 0.3) is 5.56 Å². The van der Waals surface area contributed by atoms with Crippen LogP contribution < -0.4 is 5.56 Å². The zero-order valence-electron chi connectivity index (χ0n) is 18.2. The number of nitrogens with zero attached hydrogens (tertiary/aromatic N) is 5. The summed E-state index contributed by atoms with van der Waals surface area (Å²) in [5.41, 5.74) is 4.09. The fraction of sp³-hybridized carbons (Fsp3) is 0.280. The van der Waals surface area contributed by atoms with Crippen LogP contribution in [0, 0.1) is 6.92 Å². The molecule has 5 aromatic rings. The predicted octanol–water partition coefficient (Wildman–Crippen LogP) is 4.48. The first-order valence-corrected chi connectivity index (χ1v) is 11.5. The van der Waals surface area contributed by atoms with Gasteiger partial charge >= 0.3 is 0 Å². The van der Waals surface area contributed by atoms with Gasteiger partial charge < -0.3 is 9.30 Å². The number of para-hydroxylation sites is 2. The zero-order valence-corrected chi connectivity index (χ0v) is 18.9. The molecular weight excluding hydrogens is 438 g/mol. The van der Waals surface area contributed by atoms with Crippen LogP contribution in [-0.2, 0) is 17.8 Å². The maximum absolute atomic E-state index is 13.8. The number of ether oxygens (including phenoxy) is 1. The van der Waals surface area contributed by atoms with Crippen molar-refractivity contribution in [2.45, 2.75) is 39.0 Å². The van der Waals surface area contributed by atoms with E-state index in [0.717, 1.165) is 36.0 Å². The molecule has 33 heavy (non-hydrogen) atoms. The molecule has 0 aliphatic carbocycles. The molecule has 0 spiro atoms. The van der Waals surface area contributed by atoms with Crippen molar-refractivity contribution in [2.24, 2.45) is 0 Å². The summed E-state index contributed by atoms with van der Waals surface area (Å²) in [6.45, 7) is 3.54. The van der Waals surface area contributed by atoms with Gasteiger partial charge in [-0.15, -0.1) is 0 Å². The van der Waals surface area contributed by atoms with Gasteiger partial charge in [0.15, 0.2) is 11.3 Å². The lowest BCUT2D eigenvalue weighted by molar-refractivity contribution is 0.0955. The average molecular weight is 460 g/mol. The van der Waals surface area contributed by atoms with Gasteiger partial charge in [0.2, 0.25) is 0 Å². The van der Waals surface area contributed by atoms with Crippen LogP contribution in [-0.4, -0.2) is 36.8 Å². The van der Waals surface area contributed by atoms with Gasteiger partial charge in [0, 0.05) is 11.6 Å². The highest BCUT2D eigenvalue weighted by molar-refractivity contribution is 6.31. The van der Waals surface area contributed by atoms with Crippen molar-refractivity contribution < 1.29 is 4.74 Å². The molecule has 8 heteroatoms. The van der Waals surface area contributed by atoms with E-state index in [0.29, 0.717) is 46.1 Å². The largest absolute Gasteiger partial charge is 0.376 e. The Morgan fingerprint density at radius 2 is 1.76 bits per heavy atom. The van der Waals surface area contributed by atoms with E-state index >= 15 is 0 Å². The molecule has 2 aromatic carbocycles. The van der Waals surface area contributed by atoms with Crippen LogP contribution in [0.15, 0.2) is 53.3 Å². The van der Waals surface area contributed by atoms with Gasteiger partial charge in [-0.2, -0.15) is 0 Å². The van der Waals surface area contributed by atoms with Gasteiger partial charge in [0.1, 0.15) is 16.7 Å². The maximum Gasteiger partial charge on any atom is 0.265 e. The van der Waals surface area contributed by atoms with E-state index < -0.39 is 0 Å². The second kappa shape index (κ2) is 7.93. The van der Waals surface area contributed by atoms with Crippen LogP contribution >= 0.6 is 11.6 Å². The number of benzene rings is 2. The number of hydrogen-bond acceptors (Lipinski definition) is 5. The Hall–Kier alpha value is -3.29. The van der Waals surface area contributed by atoms with Crippen LogP contribution in [0.25, 0.3) is 33.2 Å². The Labute approximate surface area is 194 Å². The van der Waals surface area contributed by atoms with Crippen molar-refractivity contribution in [2.75, 3.05) is 6.61 Å². The van der Waals surface area contributed by atoms with E-state index in [2.05, 4.69) is 0 Å². The summed E-state index contributed by atoms with van der Waals surface area (Å²) < 4.78 is 9.46. The minimum absolute atomic E-state index is 0.0315. The number of halogens is 1. The molecule has 0 saturated carbocycles. The molecule has 7 nitrogen and oxygen atoms in total. The molecule has 0 radical (unpaired) electrons. The van der Waals surface area contributed by atoms with Gasteiger partial charge in [0.05, 0.1) is 30.2 Å². The summed E-state index contributed by atoms with van der Waals surface area (Å²) in [4.78, 5) is 28.4. The molecule has 166 valence electrons. The van der Waals surface area contributed by atoms with Crippen LogP contribution in [0.4, 0.5) is 0 Å². The van der Waals surface area contributed by atoms with Crippen LogP contribution in [0.3, 0.4) is 0 Å². The van der Waals surface area contributed by atoms with E-state index in [4.69, 9.17) is 31.3 Å². The Bertz CT molecular complexity index is 1580. The Morgan fingerprint density at radius 1 is 1.00 bits per heavy atom. The average Bonchev–Trinajstić information content (AvgIpc) is 3.43. The molecule has 1 fully saturated rings. The highest BCUT2D eigenvalue weighted by Gasteiger charge is 2.24. The van der Waals surface area contributed by atoms with E-state index in [-0.39, 0.29) is 11.7 Å². The molecule has 6 rings (SSSR count). The van der Waals surface area contributed by atoms with Crippen molar-refractivity contribution in [3.05, 3.63) is 75.3 Å². The first-order valence-electron chi connectivity index (χ1n) is 11.1. The van der Waals surface area contributed by atoms with E-state index in [1.165, 1.54) is 0 Å². The van der Waals surface area contributed by atoms with Gasteiger partial charge in [-0.1, -0.05) is 41.9 Å². The lowest BCUT2D eigenvalue weighted by Gasteiger charge is -2.14. The van der Waals surface area contributed by atoms with Crippen molar-refractivity contribution in [3.63, 3.8) is 0 Å². The molecule has 1 atom stereocenters. The molecule has 1 saturated heterocycles. The highest BCUT2D eigenvalue weighted by atomic mass is 35.5. The first-order chi connectivity index (χ1) is 16.1. The monoisotopic (exact) mass is 459 g/mol. The second-order valence-corrected chi connectivity index (χ2v) is 8.88. The molecule has 4 heterocycles. The van der Waals surface area contributed by atoms with Gasteiger partial charge in [-0.05, 0) is 43.5 Å². The topological polar surface area (TPSA) is 74.8 Å². The van der Waals surface area contributed by atoms with E-state index in [1.54, 1.807) is 4.57 Å². The number of aryl methyl sites for hydroxylation is 1. The summed E-state index contributed by atoms with van der Waals surface area (Å²) in [5, 5.41) is 1.14. The molecule has 1 aliphatic rings. The summed E-state index contributed by atoms with van der Waals surface area (Å²) >= 11 is 6.47. The van der Waals surface area contributed by atoms with Crippen molar-refractivity contribution in [3.8, 4) is 0 Å². The number of aromatic nitrogens is 5. The fourth-order valence-electron chi connectivity index (χ4n) is 4.65. The molecule has 0 unspecified atom stereocenters. The molecule has 0 N–H and O–H groups in total. The third-order valence-corrected chi connectivity index (χ3v) is 6.71. The predicted molar refractivity (Wildman–Crippen MR) is 129 cm³/mol. The Kier molecular flexibility index (Phi) is 4.89. The smallest absolute Gasteiger partial charge is 0.265 e. The van der Waals surface area contributed by atoms with Crippen molar-refractivity contribution in [1.29, 1.82) is 0 Å². The van der Waals surface area contributed by atoms with Gasteiger partial charge in [-0.25, -0.2) is 15.0 Å². The third kappa shape index (κ3) is 3.39. The Morgan fingerprint density at radius 3 is 2.52 bits per heavy atom. The van der Waals surface area contributed by atoms with Crippen LogP contribution in [0.2, 0.25) is 5.02 Å². The first kappa shape index (κ1) is 20.3. The molecule has 0 amide bonds. The fourth-order valence-corrected chi connectivity index (χ4v) is 4.85. The minimum atomic E-state index is -0.111. The summed E-state index contributed by atoms with van der Waals surface area (Å²) in [6, 6.07) is 15.4. The minimum Gasteiger partial charge on any atom is -0.376 e. The quantitative estimate of drug-likeness (QED) is 0.396. The highest BCUT2D eigenvalue weighted by Crippen LogP contribution is 2.28. The molecule has 3 aromatic heterocycles. The van der Waals surface area contributed by atoms with E-state index in [9.17, 15) is 4.79 Å². The number of rotatable bonds is 4. The van der Waals surface area contributed by atoms with Crippen LogP contribution in [0.1, 0.15) is 24.2 Å². The van der Waals surface area contributed by atoms with E-state index in [1.807, 2.05) is 60.0 Å². The molecule has 0 bridgehead atoms. The second-order valence-electron chi connectivity index (χ2n) is 8.47. The third-order valence-electron chi connectivity index (χ3n) is 6.34. The number of fused-ring (bicyclic) bond motifs is 4. The maximum atomic E-state index is 13.8. The lowest BCUT2D eigenvalue weighted by Crippen LogP contribution is -2.29. The zero-order chi connectivity index (χ0) is 22.5. The molecular formula is C25H22ClN5O2. The standard InChI is InChI=1S/C25H22ClN5O2/c1-15-27-23-21(25(32)30(15)14-17-8-6-12-33-17)22-24(29-20-11-5-4-10-19(20)28-22)31(23)13-16-7-2-3-9-18(16)26/h2-5,7,9-11,17H,6,8,12-14H2,1H3/t17-/m1/s1. The van der Waals surface area contributed by atoms with Crippen molar-refractivity contribution >= 4 is 44.8 Å². The lowest BCUT2D eigenvalue weighted by atomic mass is 10.2.